The summed E-state index contributed by atoms with van der Waals surface area (Å²) >= 11 is 6.70. The van der Waals surface area contributed by atoms with Gasteiger partial charge in [-0.3, -0.25) is 4.79 Å². The molecule has 0 N–H and O–H groups in total. The number of carbonyl (C=O) groups excluding carboxylic acids is 1. The molecule has 230 valence electrons. The topological polar surface area (TPSA) is 75.4 Å². The zero-order chi connectivity index (χ0) is 30.6. The normalized spacial score (nSPS) is 19.5. The van der Waals surface area contributed by atoms with Crippen molar-refractivity contribution < 1.29 is 14.3 Å². The fraction of sp³-hybridized carbons (Fsp3) is 0.471. The number of ether oxygens (including phenoxy) is 2. The van der Waals surface area contributed by atoms with Crippen LogP contribution >= 0.6 is 11.6 Å². The van der Waals surface area contributed by atoms with Crippen LogP contribution in [0.1, 0.15) is 43.9 Å². The van der Waals surface area contributed by atoms with Crippen molar-refractivity contribution in [3.8, 4) is 6.01 Å². The van der Waals surface area contributed by atoms with Crippen molar-refractivity contribution in [1.82, 2.24) is 14.9 Å². The highest BCUT2D eigenvalue weighted by Gasteiger charge is 2.35. The van der Waals surface area contributed by atoms with Crippen molar-refractivity contribution in [3.05, 3.63) is 76.8 Å². The van der Waals surface area contributed by atoms with Gasteiger partial charge in [0.25, 0.3) is 0 Å². The summed E-state index contributed by atoms with van der Waals surface area (Å²) in [6.45, 7) is 16.7. The number of hydrogen-bond donors (Lipinski definition) is 0. The number of amides is 1. The molecule has 1 saturated carbocycles. The maximum absolute atomic E-state index is 12.6. The zero-order valence-electron chi connectivity index (χ0n) is 25.3. The molecule has 6 rings (SSSR count). The molecule has 1 amide bonds. The summed E-state index contributed by atoms with van der Waals surface area (Å²) in [5.41, 5.74) is 3.07. The molecule has 3 aliphatic rings. The van der Waals surface area contributed by atoms with Crippen molar-refractivity contribution in [1.29, 1.82) is 0 Å². The first-order valence-corrected chi connectivity index (χ1v) is 15.9. The van der Waals surface area contributed by atoms with Gasteiger partial charge >= 0.3 is 6.01 Å². The Morgan fingerprint density at radius 1 is 1.16 bits per heavy atom. The minimum atomic E-state index is -0.250. The Kier molecular flexibility index (Phi) is 9.20. The average molecular weight is 615 g/mol. The lowest BCUT2D eigenvalue weighted by molar-refractivity contribution is -0.128. The molecule has 10 heteroatoms. The fourth-order valence-electron chi connectivity index (χ4n) is 6.76. The number of anilines is 2. The van der Waals surface area contributed by atoms with Crippen LogP contribution in [0, 0.1) is 6.57 Å². The summed E-state index contributed by atoms with van der Waals surface area (Å²) in [5.74, 6) is 0.679. The number of halogens is 1. The molecule has 1 saturated heterocycles. The SMILES string of the molecule is [C-]#[N+]C[C@H]1CN(c2nc(OC[C@H](C)OC3CCCC3)nc3c2CCN(c2cccc4cccc(Cl)c24)C3)CCN1C(=O)C=C. The number of benzene rings is 2. The van der Waals surface area contributed by atoms with Gasteiger partial charge in [0.1, 0.15) is 18.5 Å². The molecule has 2 aromatic carbocycles. The predicted octanol–water partition coefficient (Wildman–Crippen LogP) is 5.69. The van der Waals surface area contributed by atoms with E-state index < -0.39 is 0 Å². The van der Waals surface area contributed by atoms with Crippen LogP contribution in [0.15, 0.2) is 49.1 Å². The average Bonchev–Trinajstić information content (AvgIpc) is 3.56. The van der Waals surface area contributed by atoms with Crippen LogP contribution in [-0.4, -0.2) is 78.4 Å². The van der Waals surface area contributed by atoms with Gasteiger partial charge < -0.3 is 29.0 Å². The van der Waals surface area contributed by atoms with E-state index in [9.17, 15) is 4.79 Å². The lowest BCUT2D eigenvalue weighted by atomic mass is 10.0. The summed E-state index contributed by atoms with van der Waals surface area (Å²) < 4.78 is 12.4. The number of fused-ring (bicyclic) bond motifs is 2. The first-order chi connectivity index (χ1) is 21.4. The molecular weight excluding hydrogens is 576 g/mol. The first-order valence-electron chi connectivity index (χ1n) is 15.6. The second kappa shape index (κ2) is 13.4. The number of nitrogens with zero attached hydrogens (tertiary/aromatic N) is 6. The van der Waals surface area contributed by atoms with Crippen molar-refractivity contribution in [2.75, 3.05) is 49.1 Å². The van der Waals surface area contributed by atoms with Crippen LogP contribution in [-0.2, 0) is 22.5 Å². The van der Waals surface area contributed by atoms with Crippen molar-refractivity contribution in [3.63, 3.8) is 0 Å². The number of rotatable bonds is 9. The van der Waals surface area contributed by atoms with Gasteiger partial charge in [0.05, 0.1) is 29.5 Å². The Morgan fingerprint density at radius 2 is 1.95 bits per heavy atom. The molecule has 0 spiro atoms. The molecule has 3 aromatic rings. The lowest BCUT2D eigenvalue weighted by Crippen LogP contribution is -2.56. The molecule has 3 heterocycles. The number of hydrogen-bond acceptors (Lipinski definition) is 7. The van der Waals surface area contributed by atoms with Crippen LogP contribution in [0.2, 0.25) is 5.02 Å². The largest absolute Gasteiger partial charge is 0.461 e. The summed E-state index contributed by atoms with van der Waals surface area (Å²) in [4.78, 5) is 32.4. The van der Waals surface area contributed by atoms with Crippen LogP contribution in [0.25, 0.3) is 15.6 Å². The summed E-state index contributed by atoms with van der Waals surface area (Å²) in [6, 6.07) is 12.3. The minimum absolute atomic E-state index is 0.0768. The highest BCUT2D eigenvalue weighted by atomic mass is 35.5. The smallest absolute Gasteiger partial charge is 0.318 e. The van der Waals surface area contributed by atoms with E-state index >= 15 is 0 Å². The van der Waals surface area contributed by atoms with E-state index in [0.717, 1.165) is 64.4 Å². The second-order valence-corrected chi connectivity index (χ2v) is 12.3. The Bertz CT molecular complexity index is 1560. The van der Waals surface area contributed by atoms with E-state index in [4.69, 9.17) is 37.6 Å². The lowest BCUT2D eigenvalue weighted by Gasteiger charge is -2.41. The Balaban J connectivity index is 1.30. The monoisotopic (exact) mass is 614 g/mol. The van der Waals surface area contributed by atoms with E-state index in [0.29, 0.717) is 44.9 Å². The van der Waals surface area contributed by atoms with Gasteiger partial charge in [-0.25, -0.2) is 6.57 Å². The Labute approximate surface area is 264 Å². The van der Waals surface area contributed by atoms with Gasteiger partial charge in [0, 0.05) is 42.8 Å². The van der Waals surface area contributed by atoms with Crippen molar-refractivity contribution in [2.24, 2.45) is 0 Å². The molecule has 0 bridgehead atoms. The number of aromatic nitrogens is 2. The standard InChI is InChI=1S/C34H39ClN6O3/c1-4-31(42)41-18-17-40(20-25(41)19-36-3)33-27-15-16-39(30-14-8-10-24-9-7-13-28(35)32(24)30)21-29(27)37-34(38-33)43-22-23(2)44-26-11-5-6-12-26/h4,7-10,13-14,23,25-26H,1,5-6,11-12,15-22H2,2H3/t23-,25-/m0/s1. The third-order valence-corrected chi connectivity index (χ3v) is 9.23. The van der Waals surface area contributed by atoms with E-state index in [1.165, 1.54) is 18.9 Å². The fourth-order valence-corrected chi connectivity index (χ4v) is 7.04. The summed E-state index contributed by atoms with van der Waals surface area (Å²) in [7, 11) is 0. The van der Waals surface area contributed by atoms with E-state index in [1.807, 2.05) is 19.1 Å². The molecule has 9 nitrogen and oxygen atoms in total. The Hall–Kier alpha value is -3.87. The molecule has 0 radical (unpaired) electrons. The molecule has 0 unspecified atom stereocenters. The van der Waals surface area contributed by atoms with Gasteiger partial charge in [-0.05, 0) is 49.8 Å². The van der Waals surface area contributed by atoms with Gasteiger partial charge in [0.2, 0.25) is 12.5 Å². The third kappa shape index (κ3) is 6.33. The van der Waals surface area contributed by atoms with Crippen molar-refractivity contribution in [2.45, 2.75) is 63.8 Å². The zero-order valence-corrected chi connectivity index (χ0v) is 26.0. The van der Waals surface area contributed by atoms with Gasteiger partial charge in [-0.2, -0.15) is 9.97 Å². The molecule has 2 atom stereocenters. The minimum Gasteiger partial charge on any atom is -0.461 e. The van der Waals surface area contributed by atoms with Crippen LogP contribution in [0.5, 0.6) is 6.01 Å². The van der Waals surface area contributed by atoms with Gasteiger partial charge in [0.15, 0.2) is 0 Å². The highest BCUT2D eigenvalue weighted by molar-refractivity contribution is 6.36. The van der Waals surface area contributed by atoms with Gasteiger partial charge in [-0.15, -0.1) is 0 Å². The third-order valence-electron chi connectivity index (χ3n) is 8.91. The van der Waals surface area contributed by atoms with Crippen molar-refractivity contribution >= 4 is 39.8 Å². The van der Waals surface area contributed by atoms with Crippen LogP contribution in [0.4, 0.5) is 11.5 Å². The molecular formula is C34H39ClN6O3. The number of piperazine rings is 1. The maximum atomic E-state index is 12.6. The maximum Gasteiger partial charge on any atom is 0.318 e. The highest BCUT2D eigenvalue weighted by Crippen LogP contribution is 2.37. The van der Waals surface area contributed by atoms with E-state index in [1.54, 1.807) is 4.90 Å². The molecule has 2 fully saturated rings. The summed E-state index contributed by atoms with van der Waals surface area (Å²) in [5, 5.41) is 2.86. The second-order valence-electron chi connectivity index (χ2n) is 11.9. The number of carbonyl (C=O) groups is 1. The molecule has 2 aliphatic heterocycles. The van der Waals surface area contributed by atoms with E-state index in [2.05, 4.69) is 45.5 Å². The van der Waals surface area contributed by atoms with Crippen LogP contribution < -0.4 is 14.5 Å². The molecule has 44 heavy (non-hydrogen) atoms. The Morgan fingerprint density at radius 3 is 2.73 bits per heavy atom. The molecule has 1 aromatic heterocycles. The predicted molar refractivity (Wildman–Crippen MR) is 173 cm³/mol. The quantitative estimate of drug-likeness (QED) is 0.226. The molecule has 1 aliphatic carbocycles. The summed E-state index contributed by atoms with van der Waals surface area (Å²) in [6.07, 6.45) is 6.92. The van der Waals surface area contributed by atoms with E-state index in [-0.39, 0.29) is 24.6 Å². The first kappa shape index (κ1) is 30.2. The van der Waals surface area contributed by atoms with Gasteiger partial charge in [-0.1, -0.05) is 55.3 Å². The van der Waals surface area contributed by atoms with Crippen LogP contribution in [0.3, 0.4) is 0 Å².